The number of hydrazine groups is 1. The molecule has 0 amide bonds. The topological polar surface area (TPSA) is 47.3 Å². The number of hydrogen-bond donors (Lipinski definition) is 2. The molecule has 0 bridgehead atoms. The highest BCUT2D eigenvalue weighted by Crippen LogP contribution is 2.35. The van der Waals surface area contributed by atoms with Crippen molar-refractivity contribution in [2.24, 2.45) is 17.7 Å². The first-order valence-corrected chi connectivity index (χ1v) is 7.61. The van der Waals surface area contributed by atoms with Crippen LogP contribution in [-0.2, 0) is 11.2 Å². The van der Waals surface area contributed by atoms with E-state index >= 15 is 0 Å². The van der Waals surface area contributed by atoms with Gasteiger partial charge in [0.25, 0.3) is 0 Å². The molecule has 0 spiro atoms. The summed E-state index contributed by atoms with van der Waals surface area (Å²) in [5.74, 6) is 6.82. The number of hydrogen-bond acceptors (Lipinski definition) is 3. The van der Waals surface area contributed by atoms with Gasteiger partial charge in [-0.05, 0) is 45.6 Å². The lowest BCUT2D eigenvalue weighted by atomic mass is 9.81. The minimum absolute atomic E-state index is 0.256. The number of benzene rings is 1. The maximum atomic E-state index is 5.96. The first-order valence-electron chi connectivity index (χ1n) is 7.61. The van der Waals surface area contributed by atoms with Crippen molar-refractivity contribution in [1.29, 1.82) is 0 Å². The lowest BCUT2D eigenvalue weighted by Gasteiger charge is -2.28. The van der Waals surface area contributed by atoms with E-state index in [9.17, 15) is 0 Å². The van der Waals surface area contributed by atoms with Crippen LogP contribution in [0.25, 0.3) is 0 Å². The third-order valence-corrected chi connectivity index (χ3v) is 4.73. The van der Waals surface area contributed by atoms with E-state index in [0.29, 0.717) is 17.9 Å². The van der Waals surface area contributed by atoms with Crippen LogP contribution in [0.2, 0.25) is 0 Å². The third kappa shape index (κ3) is 3.22. The van der Waals surface area contributed by atoms with Gasteiger partial charge in [-0.1, -0.05) is 36.2 Å². The Morgan fingerprint density at radius 2 is 1.70 bits per heavy atom. The van der Waals surface area contributed by atoms with E-state index in [-0.39, 0.29) is 12.1 Å². The fourth-order valence-electron chi connectivity index (χ4n) is 3.73. The Morgan fingerprint density at radius 1 is 1.10 bits per heavy atom. The van der Waals surface area contributed by atoms with Crippen molar-refractivity contribution >= 4 is 0 Å². The smallest absolute Gasteiger partial charge is 0.0597 e. The molecule has 5 unspecified atom stereocenters. The minimum Gasteiger partial charge on any atom is -0.375 e. The monoisotopic (exact) mass is 276 g/mol. The number of nitrogens with one attached hydrogen (secondary N) is 1. The van der Waals surface area contributed by atoms with E-state index in [1.54, 1.807) is 0 Å². The molecule has 2 rings (SSSR count). The van der Waals surface area contributed by atoms with Gasteiger partial charge in [-0.15, -0.1) is 0 Å². The second-order valence-electron chi connectivity index (χ2n) is 6.46. The first-order chi connectivity index (χ1) is 9.42. The lowest BCUT2D eigenvalue weighted by Crippen LogP contribution is -2.46. The van der Waals surface area contributed by atoms with E-state index in [4.69, 9.17) is 10.6 Å². The molecule has 1 saturated heterocycles. The summed E-state index contributed by atoms with van der Waals surface area (Å²) in [5.41, 5.74) is 7.01. The Kier molecular flexibility index (Phi) is 4.84. The summed E-state index contributed by atoms with van der Waals surface area (Å²) in [4.78, 5) is 0. The second kappa shape index (κ2) is 6.25. The molecule has 1 aromatic rings. The fourth-order valence-corrected chi connectivity index (χ4v) is 3.73. The van der Waals surface area contributed by atoms with Crippen LogP contribution < -0.4 is 11.3 Å². The van der Waals surface area contributed by atoms with Crippen molar-refractivity contribution in [3.8, 4) is 0 Å². The van der Waals surface area contributed by atoms with E-state index in [1.807, 2.05) is 0 Å². The van der Waals surface area contributed by atoms with Crippen LogP contribution in [0.1, 0.15) is 37.5 Å². The van der Waals surface area contributed by atoms with Gasteiger partial charge < -0.3 is 4.74 Å². The van der Waals surface area contributed by atoms with Gasteiger partial charge in [0.05, 0.1) is 12.2 Å². The third-order valence-electron chi connectivity index (χ3n) is 4.73. The molecule has 20 heavy (non-hydrogen) atoms. The Balaban J connectivity index is 2.16. The molecule has 3 heteroatoms. The maximum Gasteiger partial charge on any atom is 0.0597 e. The summed E-state index contributed by atoms with van der Waals surface area (Å²) < 4.78 is 5.96. The van der Waals surface area contributed by atoms with E-state index in [2.05, 4.69) is 58.2 Å². The molecule has 0 aromatic heterocycles. The van der Waals surface area contributed by atoms with Crippen molar-refractivity contribution in [2.45, 2.75) is 59.3 Å². The Labute approximate surface area is 122 Å². The van der Waals surface area contributed by atoms with Crippen LogP contribution in [-0.4, -0.2) is 18.2 Å². The van der Waals surface area contributed by atoms with Gasteiger partial charge in [-0.3, -0.25) is 11.3 Å². The molecule has 1 fully saturated rings. The van der Waals surface area contributed by atoms with Gasteiger partial charge in [0, 0.05) is 12.0 Å². The zero-order valence-electron chi connectivity index (χ0n) is 13.3. The van der Waals surface area contributed by atoms with Crippen molar-refractivity contribution in [3.63, 3.8) is 0 Å². The molecule has 0 saturated carbocycles. The van der Waals surface area contributed by atoms with Crippen molar-refractivity contribution in [3.05, 3.63) is 34.9 Å². The minimum atomic E-state index is 0.256. The average molecular weight is 276 g/mol. The van der Waals surface area contributed by atoms with E-state index < -0.39 is 0 Å². The second-order valence-corrected chi connectivity index (χ2v) is 6.46. The molecular weight excluding hydrogens is 248 g/mol. The molecule has 1 aliphatic rings. The molecule has 0 aliphatic carbocycles. The van der Waals surface area contributed by atoms with E-state index in [0.717, 1.165) is 6.42 Å². The predicted octanol–water partition coefficient (Wildman–Crippen LogP) is 2.74. The van der Waals surface area contributed by atoms with Crippen molar-refractivity contribution < 1.29 is 4.74 Å². The highest BCUT2D eigenvalue weighted by molar-refractivity contribution is 5.29. The molecule has 5 atom stereocenters. The number of ether oxygens (including phenoxy) is 1. The Morgan fingerprint density at radius 3 is 2.15 bits per heavy atom. The molecule has 0 radical (unpaired) electrons. The van der Waals surface area contributed by atoms with Crippen LogP contribution >= 0.6 is 0 Å². The van der Waals surface area contributed by atoms with Crippen LogP contribution in [0, 0.1) is 25.7 Å². The summed E-state index contributed by atoms with van der Waals surface area (Å²) >= 11 is 0. The lowest BCUT2D eigenvalue weighted by molar-refractivity contribution is 0.0476. The van der Waals surface area contributed by atoms with Crippen LogP contribution in [0.3, 0.4) is 0 Å². The number of nitrogens with two attached hydrogens (primary N) is 1. The predicted molar refractivity (Wildman–Crippen MR) is 83.4 cm³/mol. The van der Waals surface area contributed by atoms with Crippen LogP contribution in [0.4, 0.5) is 0 Å². The SMILES string of the molecule is Cc1cc(C)cc(CC(NN)C2C(C)OC(C)C2C)c1. The summed E-state index contributed by atoms with van der Waals surface area (Å²) in [6, 6.07) is 6.98. The molecule has 3 N–H and O–H groups in total. The zero-order chi connectivity index (χ0) is 14.9. The van der Waals surface area contributed by atoms with Gasteiger partial charge in [0.2, 0.25) is 0 Å². The molecule has 1 aromatic carbocycles. The Hall–Kier alpha value is -0.900. The highest BCUT2D eigenvalue weighted by atomic mass is 16.5. The van der Waals surface area contributed by atoms with Crippen molar-refractivity contribution in [1.82, 2.24) is 5.43 Å². The molecule has 1 heterocycles. The van der Waals surface area contributed by atoms with Gasteiger partial charge in [0.15, 0.2) is 0 Å². The van der Waals surface area contributed by atoms with E-state index in [1.165, 1.54) is 16.7 Å². The average Bonchev–Trinajstić information content (AvgIpc) is 2.60. The first kappa shape index (κ1) is 15.5. The number of rotatable bonds is 4. The Bertz CT molecular complexity index is 440. The maximum absolute atomic E-state index is 5.96. The van der Waals surface area contributed by atoms with Crippen molar-refractivity contribution in [2.75, 3.05) is 0 Å². The molecule has 1 aliphatic heterocycles. The van der Waals surface area contributed by atoms with Crippen LogP contribution in [0.5, 0.6) is 0 Å². The van der Waals surface area contributed by atoms with Crippen LogP contribution in [0.15, 0.2) is 18.2 Å². The molecular formula is C17H28N2O. The van der Waals surface area contributed by atoms with Gasteiger partial charge in [0.1, 0.15) is 0 Å². The fraction of sp³-hybridized carbons (Fsp3) is 0.647. The standard InChI is InChI=1S/C17H28N2O/c1-10-6-11(2)8-15(7-10)9-16(19-18)17-12(3)13(4)20-14(17)5/h6-8,12-14,16-17,19H,9,18H2,1-5H3. The molecule has 112 valence electrons. The quantitative estimate of drug-likeness (QED) is 0.656. The highest BCUT2D eigenvalue weighted by Gasteiger charge is 2.41. The normalized spacial score (nSPS) is 31.5. The van der Waals surface area contributed by atoms with Gasteiger partial charge in [-0.2, -0.15) is 0 Å². The number of aryl methyl sites for hydroxylation is 2. The summed E-state index contributed by atoms with van der Waals surface area (Å²) in [5, 5.41) is 0. The van der Waals surface area contributed by atoms with Gasteiger partial charge >= 0.3 is 0 Å². The van der Waals surface area contributed by atoms with Gasteiger partial charge in [-0.25, -0.2) is 0 Å². The summed E-state index contributed by atoms with van der Waals surface area (Å²) in [7, 11) is 0. The summed E-state index contributed by atoms with van der Waals surface area (Å²) in [6.45, 7) is 10.9. The molecule has 3 nitrogen and oxygen atoms in total. The largest absolute Gasteiger partial charge is 0.375 e. The summed E-state index contributed by atoms with van der Waals surface area (Å²) in [6.07, 6.45) is 1.52. The zero-order valence-corrected chi connectivity index (χ0v) is 13.3.